The molecule has 10 heteroatoms. The van der Waals surface area contributed by atoms with Crippen molar-refractivity contribution in [2.24, 2.45) is 0 Å². The van der Waals surface area contributed by atoms with Crippen LogP contribution < -0.4 is 0 Å². The Labute approximate surface area is 405 Å². The fourth-order valence-corrected chi connectivity index (χ4v) is 8.15. The fourth-order valence-electron chi connectivity index (χ4n) is 7.36. The molecule has 0 aliphatic heterocycles. The Morgan fingerprint density at radius 1 is 0.485 bits per heavy atom. The molecular formula is C56H101O9P. The second-order valence-corrected chi connectivity index (χ2v) is 19.3. The molecule has 66 heavy (non-hydrogen) atoms. The van der Waals surface area contributed by atoms with Crippen LogP contribution >= 0.6 is 7.82 Å². The number of phosphoric acid groups is 1. The maximum atomic E-state index is 12.7. The molecule has 0 aliphatic rings. The molecule has 0 aliphatic carbocycles. The van der Waals surface area contributed by atoms with Gasteiger partial charge in [-0.05, 0) is 64.2 Å². The maximum absolute atomic E-state index is 12.7. The summed E-state index contributed by atoms with van der Waals surface area (Å²) in [5.41, 5.74) is 0. The van der Waals surface area contributed by atoms with Gasteiger partial charge in [-0.15, -0.1) is 0 Å². The van der Waals surface area contributed by atoms with Crippen LogP contribution in [0.1, 0.15) is 232 Å². The number of aliphatic hydroxyl groups is 2. The lowest BCUT2D eigenvalue weighted by atomic mass is 10.0. The minimum atomic E-state index is -4.54. The van der Waals surface area contributed by atoms with E-state index in [0.29, 0.717) is 6.61 Å². The summed E-state index contributed by atoms with van der Waals surface area (Å²) >= 11 is 0. The number of esters is 1. The summed E-state index contributed by atoms with van der Waals surface area (Å²) in [6, 6.07) is 0. The molecule has 0 aromatic carbocycles. The Morgan fingerprint density at radius 3 is 1.29 bits per heavy atom. The minimum Gasteiger partial charge on any atom is -0.457 e. The molecule has 0 spiro atoms. The fraction of sp³-hybridized carbons (Fsp3) is 0.768. The van der Waals surface area contributed by atoms with E-state index in [9.17, 15) is 19.4 Å². The highest BCUT2D eigenvalue weighted by atomic mass is 31.2. The molecule has 3 N–H and O–H groups in total. The molecule has 0 aromatic heterocycles. The molecule has 0 saturated heterocycles. The van der Waals surface area contributed by atoms with E-state index >= 15 is 0 Å². The highest BCUT2D eigenvalue weighted by Crippen LogP contribution is 2.43. The molecule has 9 nitrogen and oxygen atoms in total. The topological polar surface area (TPSA) is 132 Å². The van der Waals surface area contributed by atoms with Crippen molar-refractivity contribution in [3.63, 3.8) is 0 Å². The number of phosphoric ester groups is 1. The van der Waals surface area contributed by atoms with Gasteiger partial charge < -0.3 is 24.6 Å². The lowest BCUT2D eigenvalue weighted by Crippen LogP contribution is -2.29. The molecule has 0 heterocycles. The molecule has 384 valence electrons. The van der Waals surface area contributed by atoms with Gasteiger partial charge in [0.25, 0.3) is 0 Å². The van der Waals surface area contributed by atoms with Crippen LogP contribution in [0.3, 0.4) is 0 Å². The zero-order valence-corrected chi connectivity index (χ0v) is 43.3. The van der Waals surface area contributed by atoms with Gasteiger partial charge in [-0.25, -0.2) is 4.57 Å². The number of hydrogen-bond donors (Lipinski definition) is 3. The van der Waals surface area contributed by atoms with Crippen molar-refractivity contribution in [3.05, 3.63) is 72.9 Å². The molecule has 0 saturated carbocycles. The van der Waals surface area contributed by atoms with Crippen LogP contribution in [0.25, 0.3) is 0 Å². The minimum absolute atomic E-state index is 0.0254. The number of unbranched alkanes of at least 4 members (excludes halogenated alkanes) is 25. The SMILES string of the molecule is CC/C=C\C/C=C\C/C=C\C/C=C\C/C=C\C/C=C\CCCCCOCC(COP(=O)(O)OCC(O)CO)OC(=O)CCCCCCCCCCCCCCCCCCCCCCCCC. The Bertz CT molecular complexity index is 1260. The molecule has 0 aromatic rings. The van der Waals surface area contributed by atoms with E-state index in [1.807, 2.05) is 0 Å². The molecule has 0 fully saturated rings. The van der Waals surface area contributed by atoms with E-state index < -0.39 is 45.8 Å². The predicted molar refractivity (Wildman–Crippen MR) is 279 cm³/mol. The zero-order chi connectivity index (χ0) is 48.1. The van der Waals surface area contributed by atoms with Gasteiger partial charge in [0.05, 0.1) is 26.4 Å². The van der Waals surface area contributed by atoms with E-state index in [-0.39, 0.29) is 13.0 Å². The average molecular weight is 949 g/mol. The van der Waals surface area contributed by atoms with Crippen molar-refractivity contribution >= 4 is 13.8 Å². The van der Waals surface area contributed by atoms with Gasteiger partial charge in [0.15, 0.2) is 0 Å². The van der Waals surface area contributed by atoms with Crippen molar-refractivity contribution in [2.75, 3.05) is 33.0 Å². The summed E-state index contributed by atoms with van der Waals surface area (Å²) in [6.45, 7) is 3.35. The van der Waals surface area contributed by atoms with Crippen LogP contribution in [0.2, 0.25) is 0 Å². The van der Waals surface area contributed by atoms with E-state index in [2.05, 4.69) is 86.8 Å². The summed E-state index contributed by atoms with van der Waals surface area (Å²) in [4.78, 5) is 22.7. The van der Waals surface area contributed by atoms with Crippen LogP contribution in [-0.4, -0.2) is 66.3 Å². The molecule has 0 radical (unpaired) electrons. The van der Waals surface area contributed by atoms with Crippen molar-refractivity contribution in [1.29, 1.82) is 0 Å². The molecular weight excluding hydrogens is 848 g/mol. The maximum Gasteiger partial charge on any atom is 0.472 e. The van der Waals surface area contributed by atoms with Crippen LogP contribution in [0.15, 0.2) is 72.9 Å². The first-order chi connectivity index (χ1) is 32.3. The first kappa shape index (κ1) is 63.9. The van der Waals surface area contributed by atoms with Gasteiger partial charge in [-0.1, -0.05) is 234 Å². The molecule has 0 bridgehead atoms. The number of ether oxygens (including phenoxy) is 2. The monoisotopic (exact) mass is 949 g/mol. The zero-order valence-electron chi connectivity index (χ0n) is 42.4. The molecule has 3 unspecified atom stereocenters. The second kappa shape index (κ2) is 52.3. The predicted octanol–water partition coefficient (Wildman–Crippen LogP) is 16.0. The third-order valence-electron chi connectivity index (χ3n) is 11.4. The number of carbonyl (C=O) groups excluding carboxylic acids is 1. The van der Waals surface area contributed by atoms with Crippen LogP contribution in [-0.2, 0) is 27.9 Å². The first-order valence-electron chi connectivity index (χ1n) is 26.9. The summed E-state index contributed by atoms with van der Waals surface area (Å²) in [5, 5.41) is 18.4. The van der Waals surface area contributed by atoms with Crippen LogP contribution in [0.4, 0.5) is 0 Å². The number of carbonyl (C=O) groups is 1. The lowest BCUT2D eigenvalue weighted by molar-refractivity contribution is -0.154. The van der Waals surface area contributed by atoms with Crippen LogP contribution in [0, 0.1) is 0 Å². The Kier molecular flexibility index (Phi) is 50.6. The smallest absolute Gasteiger partial charge is 0.457 e. The average Bonchev–Trinajstić information content (AvgIpc) is 3.31. The Hall–Kier alpha value is -2.10. The second-order valence-electron chi connectivity index (χ2n) is 17.9. The van der Waals surface area contributed by atoms with Gasteiger partial charge >= 0.3 is 13.8 Å². The van der Waals surface area contributed by atoms with Gasteiger partial charge in [-0.3, -0.25) is 13.8 Å². The third-order valence-corrected chi connectivity index (χ3v) is 12.4. The summed E-state index contributed by atoms with van der Waals surface area (Å²) in [7, 11) is -4.54. The van der Waals surface area contributed by atoms with E-state index in [4.69, 9.17) is 23.6 Å². The largest absolute Gasteiger partial charge is 0.472 e. The van der Waals surface area contributed by atoms with Gasteiger partial charge in [0.2, 0.25) is 0 Å². The standard InChI is InChI=1S/C56H101O9P/c1-3-5-7-9-11-13-15-17-19-21-23-25-27-28-30-32-34-36-38-40-42-44-46-48-56(59)65-55(53-64-66(60,61)63-51-54(58)50-57)52-62-49-47-45-43-41-39-37-35-33-31-29-26-24-22-20-18-16-14-12-10-8-6-4-2/h6,8,12,14,18,20,24,26,31,33,37,39,54-55,57-58H,3-5,7,9-11,13,15-17,19,21-23,25,27-30,32,34-36,38,40-53H2,1-2H3,(H,60,61)/b8-6-,14-12-,20-18-,26-24-,33-31-,39-37-. The Morgan fingerprint density at radius 2 is 0.864 bits per heavy atom. The quantitative estimate of drug-likeness (QED) is 0.0236. The summed E-state index contributed by atoms with van der Waals surface area (Å²) < 4.78 is 33.5. The number of hydrogen-bond acceptors (Lipinski definition) is 8. The van der Waals surface area contributed by atoms with Crippen molar-refractivity contribution in [1.82, 2.24) is 0 Å². The van der Waals surface area contributed by atoms with Crippen molar-refractivity contribution < 1.29 is 43.0 Å². The normalized spacial score (nSPS) is 14.3. The third kappa shape index (κ3) is 51.3. The van der Waals surface area contributed by atoms with E-state index in [0.717, 1.165) is 83.5 Å². The number of allylic oxidation sites excluding steroid dienone is 12. The van der Waals surface area contributed by atoms with Gasteiger partial charge in [-0.2, -0.15) is 0 Å². The molecule has 3 atom stereocenters. The molecule has 0 rings (SSSR count). The van der Waals surface area contributed by atoms with E-state index in [1.165, 1.54) is 128 Å². The summed E-state index contributed by atoms with van der Waals surface area (Å²) in [6.07, 6.45) is 64.5. The van der Waals surface area contributed by atoms with Crippen molar-refractivity contribution in [3.8, 4) is 0 Å². The Balaban J connectivity index is 4.11. The first-order valence-corrected chi connectivity index (χ1v) is 28.4. The number of rotatable bonds is 51. The van der Waals surface area contributed by atoms with Gasteiger partial charge in [0, 0.05) is 13.0 Å². The van der Waals surface area contributed by atoms with Crippen LogP contribution in [0.5, 0.6) is 0 Å². The molecule has 0 amide bonds. The highest BCUT2D eigenvalue weighted by molar-refractivity contribution is 7.47. The highest BCUT2D eigenvalue weighted by Gasteiger charge is 2.26. The number of aliphatic hydroxyl groups excluding tert-OH is 2. The lowest BCUT2D eigenvalue weighted by Gasteiger charge is -2.20. The van der Waals surface area contributed by atoms with E-state index in [1.54, 1.807) is 0 Å². The van der Waals surface area contributed by atoms with Gasteiger partial charge in [0.1, 0.15) is 12.2 Å². The van der Waals surface area contributed by atoms with Crippen molar-refractivity contribution in [2.45, 2.75) is 244 Å². The summed E-state index contributed by atoms with van der Waals surface area (Å²) in [5.74, 6) is -0.392.